The van der Waals surface area contributed by atoms with E-state index < -0.39 is 11.7 Å². The molecular formula is C25H33F3N2O3. The number of rotatable bonds is 5. The zero-order valence-corrected chi connectivity index (χ0v) is 19.2. The maximum atomic E-state index is 12.9. The zero-order chi connectivity index (χ0) is 23.8. The SMILES string of the molecule is CC(=O)N1CC(C(C)NC(=O)C2CCC3C(CCCC3Oc3ccc(C(F)(F)F)cc3)C2)C1. The standard InChI is InChI=1S/C25H33F3N2O3/c1-15(19-13-30(14-19)16(2)31)29-24(32)18-6-11-22-17(12-18)4-3-5-23(22)33-21-9-7-20(8-10-21)25(26,27)28/h7-10,15,17-19,22-23H,3-6,11-14H2,1-2H3,(H,29,32). The van der Waals surface area contributed by atoms with Crippen LogP contribution in [0.15, 0.2) is 24.3 Å². The Kier molecular flexibility index (Phi) is 6.91. The van der Waals surface area contributed by atoms with Crippen molar-refractivity contribution in [1.29, 1.82) is 0 Å². The summed E-state index contributed by atoms with van der Waals surface area (Å²) in [5.74, 6) is 1.69. The van der Waals surface area contributed by atoms with Crippen molar-refractivity contribution in [3.8, 4) is 5.75 Å². The van der Waals surface area contributed by atoms with Crippen LogP contribution in [0.5, 0.6) is 5.75 Å². The highest BCUT2D eigenvalue weighted by molar-refractivity contribution is 5.79. The molecule has 1 heterocycles. The molecule has 3 fully saturated rings. The van der Waals surface area contributed by atoms with Crippen LogP contribution in [0.1, 0.15) is 57.9 Å². The van der Waals surface area contributed by atoms with Crippen LogP contribution in [0.2, 0.25) is 0 Å². The zero-order valence-electron chi connectivity index (χ0n) is 19.2. The Morgan fingerprint density at radius 1 is 1.09 bits per heavy atom. The molecule has 0 aromatic heterocycles. The first-order valence-corrected chi connectivity index (χ1v) is 12.0. The second-order valence-corrected chi connectivity index (χ2v) is 10.0. The number of hydrogen-bond acceptors (Lipinski definition) is 3. The van der Waals surface area contributed by atoms with Gasteiger partial charge in [-0.1, -0.05) is 0 Å². The van der Waals surface area contributed by atoms with Crippen molar-refractivity contribution < 1.29 is 27.5 Å². The van der Waals surface area contributed by atoms with Gasteiger partial charge >= 0.3 is 6.18 Å². The number of carbonyl (C=O) groups is 2. The van der Waals surface area contributed by atoms with Gasteiger partial charge in [-0.05, 0) is 81.5 Å². The normalized spacial score (nSPS) is 28.9. The molecule has 1 aromatic carbocycles. The maximum Gasteiger partial charge on any atom is 0.416 e. The number of carbonyl (C=O) groups excluding carboxylic acids is 2. The highest BCUT2D eigenvalue weighted by atomic mass is 19.4. The summed E-state index contributed by atoms with van der Waals surface area (Å²) in [6.07, 6.45) is 1.12. The van der Waals surface area contributed by atoms with Crippen LogP contribution in [0.4, 0.5) is 13.2 Å². The van der Waals surface area contributed by atoms with E-state index in [1.807, 2.05) is 6.92 Å². The monoisotopic (exact) mass is 466 g/mol. The van der Waals surface area contributed by atoms with Gasteiger partial charge in [-0.15, -0.1) is 0 Å². The number of hydrogen-bond donors (Lipinski definition) is 1. The van der Waals surface area contributed by atoms with Crippen molar-refractivity contribution in [3.05, 3.63) is 29.8 Å². The summed E-state index contributed by atoms with van der Waals surface area (Å²) >= 11 is 0. The minimum Gasteiger partial charge on any atom is -0.490 e. The molecule has 5 atom stereocenters. The number of ether oxygens (including phenoxy) is 1. The fourth-order valence-electron chi connectivity index (χ4n) is 5.73. The minimum absolute atomic E-state index is 0.0116. The molecule has 2 amide bonds. The van der Waals surface area contributed by atoms with Crippen LogP contribution >= 0.6 is 0 Å². The first-order valence-electron chi connectivity index (χ1n) is 12.0. The summed E-state index contributed by atoms with van der Waals surface area (Å²) in [6, 6.07) is 4.99. The lowest BCUT2D eigenvalue weighted by molar-refractivity contribution is -0.138. The Morgan fingerprint density at radius 3 is 2.42 bits per heavy atom. The lowest BCUT2D eigenvalue weighted by atomic mass is 9.66. The van der Waals surface area contributed by atoms with Gasteiger partial charge in [0.15, 0.2) is 0 Å². The Balaban J connectivity index is 1.29. The van der Waals surface area contributed by atoms with Crippen LogP contribution < -0.4 is 10.1 Å². The van der Waals surface area contributed by atoms with Crippen molar-refractivity contribution in [2.24, 2.45) is 23.7 Å². The van der Waals surface area contributed by atoms with Gasteiger partial charge in [-0.25, -0.2) is 0 Å². The van der Waals surface area contributed by atoms with E-state index in [1.54, 1.807) is 11.8 Å². The van der Waals surface area contributed by atoms with Gasteiger partial charge in [0.1, 0.15) is 11.9 Å². The van der Waals surface area contributed by atoms with Gasteiger partial charge in [0, 0.05) is 37.9 Å². The second kappa shape index (κ2) is 9.55. The highest BCUT2D eigenvalue weighted by Gasteiger charge is 2.42. The van der Waals surface area contributed by atoms with Gasteiger partial charge in [0.05, 0.1) is 5.56 Å². The lowest BCUT2D eigenvalue weighted by Crippen LogP contribution is -2.57. The molecule has 1 N–H and O–H groups in total. The Labute approximate surface area is 193 Å². The molecular weight excluding hydrogens is 433 g/mol. The molecule has 0 radical (unpaired) electrons. The summed E-state index contributed by atoms with van der Waals surface area (Å²) in [5, 5.41) is 3.17. The molecule has 8 heteroatoms. The molecule has 1 saturated heterocycles. The smallest absolute Gasteiger partial charge is 0.416 e. The first kappa shape index (κ1) is 23.9. The third-order valence-corrected chi connectivity index (χ3v) is 7.85. The number of benzene rings is 1. The summed E-state index contributed by atoms with van der Waals surface area (Å²) < 4.78 is 44.6. The van der Waals surface area contributed by atoms with Crippen molar-refractivity contribution in [1.82, 2.24) is 10.2 Å². The van der Waals surface area contributed by atoms with Gasteiger partial charge in [-0.2, -0.15) is 13.2 Å². The average Bonchev–Trinajstić information content (AvgIpc) is 2.72. The molecule has 3 aliphatic rings. The number of fused-ring (bicyclic) bond motifs is 1. The summed E-state index contributed by atoms with van der Waals surface area (Å²) in [5.41, 5.74) is -0.673. The quantitative estimate of drug-likeness (QED) is 0.687. The summed E-state index contributed by atoms with van der Waals surface area (Å²) in [4.78, 5) is 26.1. The van der Waals surface area contributed by atoms with Crippen molar-refractivity contribution in [3.63, 3.8) is 0 Å². The van der Waals surface area contributed by atoms with Gasteiger partial charge in [-0.3, -0.25) is 9.59 Å². The molecule has 0 spiro atoms. The first-order chi connectivity index (χ1) is 15.6. The molecule has 4 rings (SSSR count). The Morgan fingerprint density at radius 2 is 1.79 bits per heavy atom. The number of alkyl halides is 3. The summed E-state index contributed by atoms with van der Waals surface area (Å²) in [6.45, 7) is 4.99. The van der Waals surface area contributed by atoms with E-state index in [1.165, 1.54) is 12.1 Å². The van der Waals surface area contributed by atoms with Crippen LogP contribution in [0, 0.1) is 23.7 Å². The molecule has 182 valence electrons. The number of nitrogens with zero attached hydrogens (tertiary/aromatic N) is 1. The largest absolute Gasteiger partial charge is 0.490 e. The number of halogens is 3. The van der Waals surface area contributed by atoms with E-state index in [0.29, 0.717) is 36.6 Å². The average molecular weight is 467 g/mol. The maximum absolute atomic E-state index is 12.9. The minimum atomic E-state index is -4.35. The molecule has 5 unspecified atom stereocenters. The van der Waals surface area contributed by atoms with E-state index in [0.717, 1.165) is 50.7 Å². The highest BCUT2D eigenvalue weighted by Crippen LogP contribution is 2.44. The van der Waals surface area contributed by atoms with Crippen molar-refractivity contribution in [2.45, 2.75) is 70.7 Å². The topological polar surface area (TPSA) is 58.6 Å². The number of likely N-dealkylation sites (tertiary alicyclic amines) is 1. The molecule has 5 nitrogen and oxygen atoms in total. The fourth-order valence-corrected chi connectivity index (χ4v) is 5.73. The third kappa shape index (κ3) is 5.46. The summed E-state index contributed by atoms with van der Waals surface area (Å²) in [7, 11) is 0. The van der Waals surface area contributed by atoms with E-state index >= 15 is 0 Å². The van der Waals surface area contributed by atoms with Crippen molar-refractivity contribution in [2.75, 3.05) is 13.1 Å². The van der Waals surface area contributed by atoms with Crippen LogP contribution in [-0.2, 0) is 15.8 Å². The molecule has 2 aliphatic carbocycles. The third-order valence-electron chi connectivity index (χ3n) is 7.85. The van der Waals surface area contributed by atoms with E-state index in [9.17, 15) is 22.8 Å². The number of amides is 2. The Hall–Kier alpha value is -2.25. The molecule has 0 bridgehead atoms. The molecule has 1 aliphatic heterocycles. The molecule has 33 heavy (non-hydrogen) atoms. The van der Waals surface area contributed by atoms with Crippen LogP contribution in [0.3, 0.4) is 0 Å². The molecule has 1 aromatic rings. The second-order valence-electron chi connectivity index (χ2n) is 10.0. The fraction of sp³-hybridized carbons (Fsp3) is 0.680. The van der Waals surface area contributed by atoms with Gasteiger partial charge in [0.2, 0.25) is 11.8 Å². The van der Waals surface area contributed by atoms with Gasteiger partial charge in [0.25, 0.3) is 0 Å². The Bertz CT molecular complexity index is 851. The van der Waals surface area contributed by atoms with Gasteiger partial charge < -0.3 is 15.0 Å². The predicted molar refractivity (Wildman–Crippen MR) is 117 cm³/mol. The van der Waals surface area contributed by atoms with E-state index in [4.69, 9.17) is 4.74 Å². The van der Waals surface area contributed by atoms with E-state index in [2.05, 4.69) is 5.32 Å². The lowest BCUT2D eigenvalue weighted by Gasteiger charge is -2.44. The van der Waals surface area contributed by atoms with E-state index in [-0.39, 0.29) is 29.9 Å². The predicted octanol–water partition coefficient (Wildman–Crippen LogP) is 4.65. The van der Waals surface area contributed by atoms with Crippen LogP contribution in [-0.4, -0.2) is 41.9 Å². The molecule has 2 saturated carbocycles. The van der Waals surface area contributed by atoms with Crippen LogP contribution in [0.25, 0.3) is 0 Å². The van der Waals surface area contributed by atoms with Crippen molar-refractivity contribution >= 4 is 11.8 Å². The number of nitrogens with one attached hydrogen (secondary N) is 1.